The molecule has 0 radical (unpaired) electrons. The highest BCUT2D eigenvalue weighted by molar-refractivity contribution is 5.97. The Morgan fingerprint density at radius 3 is 2.95 bits per heavy atom. The van der Waals surface area contributed by atoms with E-state index < -0.39 is 0 Å². The number of hydrogen-bond acceptors (Lipinski definition) is 3. The van der Waals surface area contributed by atoms with Gasteiger partial charge in [-0.15, -0.1) is 0 Å². The zero-order valence-corrected chi connectivity index (χ0v) is 11.9. The molecule has 104 valence electrons. The first-order valence-electron chi connectivity index (χ1n) is 7.01. The second kappa shape index (κ2) is 6.83. The summed E-state index contributed by atoms with van der Waals surface area (Å²) < 4.78 is 5.19. The Hall–Kier alpha value is -1.19. The molecule has 0 saturated carbocycles. The molecule has 0 aliphatic carbocycles. The van der Waals surface area contributed by atoms with Crippen LogP contribution in [0.3, 0.4) is 0 Å². The molecular formula is C16H23NO2. The van der Waals surface area contributed by atoms with Crippen LogP contribution in [0.1, 0.15) is 28.8 Å². The van der Waals surface area contributed by atoms with Crippen molar-refractivity contribution in [3.05, 3.63) is 35.4 Å². The molecule has 1 fully saturated rings. The smallest absolute Gasteiger partial charge is 0.164 e. The van der Waals surface area contributed by atoms with E-state index in [9.17, 15) is 4.79 Å². The molecule has 1 unspecified atom stereocenters. The Balaban J connectivity index is 1.80. The number of rotatable bonds is 6. The Bertz CT molecular complexity index is 431. The van der Waals surface area contributed by atoms with E-state index in [-0.39, 0.29) is 5.78 Å². The van der Waals surface area contributed by atoms with E-state index in [0.717, 1.165) is 37.4 Å². The van der Waals surface area contributed by atoms with E-state index in [1.807, 2.05) is 31.2 Å². The van der Waals surface area contributed by atoms with E-state index in [0.29, 0.717) is 12.3 Å². The summed E-state index contributed by atoms with van der Waals surface area (Å²) in [4.78, 5) is 14.6. The van der Waals surface area contributed by atoms with Crippen LogP contribution in [0.25, 0.3) is 0 Å². The highest BCUT2D eigenvalue weighted by Crippen LogP contribution is 2.17. The first-order valence-corrected chi connectivity index (χ1v) is 7.01. The second-order valence-corrected chi connectivity index (χ2v) is 5.40. The van der Waals surface area contributed by atoms with Gasteiger partial charge in [0.25, 0.3) is 0 Å². The standard InChI is InChI=1S/C16H23NO2/c1-13-5-3-4-6-15(13)16(18)8-10-17-9-7-14(11-17)12-19-2/h3-6,14H,7-12H2,1-2H3. The zero-order valence-electron chi connectivity index (χ0n) is 11.9. The Morgan fingerprint density at radius 1 is 1.42 bits per heavy atom. The molecule has 3 heteroatoms. The highest BCUT2D eigenvalue weighted by Gasteiger charge is 2.22. The molecule has 1 saturated heterocycles. The number of likely N-dealkylation sites (tertiary alicyclic amines) is 1. The van der Waals surface area contributed by atoms with Gasteiger partial charge in [-0.3, -0.25) is 4.79 Å². The molecule has 1 atom stereocenters. The predicted molar refractivity (Wildman–Crippen MR) is 76.5 cm³/mol. The molecule has 1 aromatic rings. The molecule has 3 nitrogen and oxygen atoms in total. The van der Waals surface area contributed by atoms with Crippen molar-refractivity contribution in [2.24, 2.45) is 5.92 Å². The van der Waals surface area contributed by atoms with Crippen molar-refractivity contribution in [2.45, 2.75) is 19.8 Å². The number of Topliss-reactive ketones (excluding diaryl/α,β-unsaturated/α-hetero) is 1. The van der Waals surface area contributed by atoms with Crippen LogP contribution in [-0.4, -0.2) is 44.0 Å². The van der Waals surface area contributed by atoms with Crippen LogP contribution in [0, 0.1) is 12.8 Å². The minimum absolute atomic E-state index is 0.258. The molecule has 2 rings (SSSR count). The maximum atomic E-state index is 12.2. The molecule has 1 aliphatic heterocycles. The van der Waals surface area contributed by atoms with Crippen LogP contribution in [0.2, 0.25) is 0 Å². The monoisotopic (exact) mass is 261 g/mol. The third kappa shape index (κ3) is 3.88. The summed E-state index contributed by atoms with van der Waals surface area (Å²) in [5, 5.41) is 0. The van der Waals surface area contributed by atoms with E-state index >= 15 is 0 Å². The number of carbonyl (C=O) groups is 1. The Morgan fingerprint density at radius 2 is 2.21 bits per heavy atom. The zero-order chi connectivity index (χ0) is 13.7. The molecule has 0 spiro atoms. The lowest BCUT2D eigenvalue weighted by molar-refractivity contribution is 0.0965. The van der Waals surface area contributed by atoms with Gasteiger partial charge in [-0.2, -0.15) is 0 Å². The van der Waals surface area contributed by atoms with Gasteiger partial charge in [-0.1, -0.05) is 24.3 Å². The topological polar surface area (TPSA) is 29.5 Å². The highest BCUT2D eigenvalue weighted by atomic mass is 16.5. The number of benzene rings is 1. The molecule has 1 heterocycles. The summed E-state index contributed by atoms with van der Waals surface area (Å²) in [6.07, 6.45) is 1.80. The fourth-order valence-electron chi connectivity index (χ4n) is 2.77. The fraction of sp³-hybridized carbons (Fsp3) is 0.562. The van der Waals surface area contributed by atoms with E-state index in [1.54, 1.807) is 7.11 Å². The summed E-state index contributed by atoms with van der Waals surface area (Å²) >= 11 is 0. The molecule has 1 aromatic carbocycles. The van der Waals surface area contributed by atoms with Crippen LogP contribution in [0.15, 0.2) is 24.3 Å². The van der Waals surface area contributed by atoms with Crippen molar-refractivity contribution in [3.63, 3.8) is 0 Å². The van der Waals surface area contributed by atoms with Crippen molar-refractivity contribution in [2.75, 3.05) is 33.4 Å². The summed E-state index contributed by atoms with van der Waals surface area (Å²) in [7, 11) is 1.75. The van der Waals surface area contributed by atoms with Gasteiger partial charge in [-0.05, 0) is 31.4 Å². The number of carbonyl (C=O) groups excluding carboxylic acids is 1. The van der Waals surface area contributed by atoms with Crippen LogP contribution >= 0.6 is 0 Å². The van der Waals surface area contributed by atoms with Crippen molar-refractivity contribution >= 4 is 5.78 Å². The van der Waals surface area contributed by atoms with E-state index in [4.69, 9.17) is 4.74 Å². The van der Waals surface area contributed by atoms with Crippen LogP contribution in [-0.2, 0) is 4.74 Å². The van der Waals surface area contributed by atoms with Gasteiger partial charge in [0.2, 0.25) is 0 Å². The van der Waals surface area contributed by atoms with Gasteiger partial charge in [0.05, 0.1) is 6.61 Å². The lowest BCUT2D eigenvalue weighted by atomic mass is 10.0. The first-order chi connectivity index (χ1) is 9.20. The lowest BCUT2D eigenvalue weighted by Gasteiger charge is -2.15. The van der Waals surface area contributed by atoms with E-state index in [2.05, 4.69) is 4.90 Å². The quantitative estimate of drug-likeness (QED) is 0.737. The van der Waals surface area contributed by atoms with Crippen LogP contribution < -0.4 is 0 Å². The molecule has 1 aliphatic rings. The second-order valence-electron chi connectivity index (χ2n) is 5.40. The van der Waals surface area contributed by atoms with Crippen molar-refractivity contribution < 1.29 is 9.53 Å². The Kier molecular flexibility index (Phi) is 5.11. The van der Waals surface area contributed by atoms with Gasteiger partial charge in [0.1, 0.15) is 0 Å². The molecule has 19 heavy (non-hydrogen) atoms. The third-order valence-electron chi connectivity index (χ3n) is 3.87. The summed E-state index contributed by atoms with van der Waals surface area (Å²) in [6.45, 7) is 5.86. The molecular weight excluding hydrogens is 238 g/mol. The van der Waals surface area contributed by atoms with E-state index in [1.165, 1.54) is 6.42 Å². The number of aryl methyl sites for hydroxylation is 1. The number of ketones is 1. The maximum absolute atomic E-state index is 12.2. The predicted octanol–water partition coefficient (Wildman–Crippen LogP) is 2.54. The molecule has 0 bridgehead atoms. The van der Waals surface area contributed by atoms with Gasteiger partial charge in [-0.25, -0.2) is 0 Å². The summed E-state index contributed by atoms with van der Waals surface area (Å²) in [6, 6.07) is 7.83. The average molecular weight is 261 g/mol. The molecule has 0 aromatic heterocycles. The fourth-order valence-corrected chi connectivity index (χ4v) is 2.77. The van der Waals surface area contributed by atoms with Gasteiger partial charge >= 0.3 is 0 Å². The molecule has 0 amide bonds. The third-order valence-corrected chi connectivity index (χ3v) is 3.87. The number of hydrogen-bond donors (Lipinski definition) is 0. The van der Waals surface area contributed by atoms with Crippen molar-refractivity contribution in [1.82, 2.24) is 4.90 Å². The van der Waals surface area contributed by atoms with Gasteiger partial charge < -0.3 is 9.64 Å². The maximum Gasteiger partial charge on any atom is 0.164 e. The van der Waals surface area contributed by atoms with Crippen LogP contribution in [0.4, 0.5) is 0 Å². The number of nitrogens with zero attached hydrogens (tertiary/aromatic N) is 1. The number of methoxy groups -OCH3 is 1. The largest absolute Gasteiger partial charge is 0.384 e. The van der Waals surface area contributed by atoms with Crippen LogP contribution in [0.5, 0.6) is 0 Å². The van der Waals surface area contributed by atoms with Gasteiger partial charge in [0, 0.05) is 32.2 Å². The minimum atomic E-state index is 0.258. The number of ether oxygens (including phenoxy) is 1. The minimum Gasteiger partial charge on any atom is -0.384 e. The summed E-state index contributed by atoms with van der Waals surface area (Å²) in [5.41, 5.74) is 1.95. The van der Waals surface area contributed by atoms with Crippen molar-refractivity contribution in [1.29, 1.82) is 0 Å². The molecule has 0 N–H and O–H groups in total. The first kappa shape index (κ1) is 14.2. The normalized spacial score (nSPS) is 19.8. The van der Waals surface area contributed by atoms with Gasteiger partial charge in [0.15, 0.2) is 5.78 Å². The van der Waals surface area contributed by atoms with Crippen molar-refractivity contribution in [3.8, 4) is 0 Å². The lowest BCUT2D eigenvalue weighted by Crippen LogP contribution is -2.25. The Labute approximate surface area is 115 Å². The SMILES string of the molecule is COCC1CCN(CCC(=O)c2ccccc2C)C1. The average Bonchev–Trinajstić information content (AvgIpc) is 2.85. The summed E-state index contributed by atoms with van der Waals surface area (Å²) in [5.74, 6) is 0.895.